The Labute approximate surface area is 143 Å². The Kier molecular flexibility index (Phi) is 3.22. The van der Waals surface area contributed by atoms with Crippen molar-refractivity contribution in [2.75, 3.05) is 13.7 Å². The topological polar surface area (TPSA) is 55.8 Å². The second kappa shape index (κ2) is 5.04. The SMILES string of the molecule is COC1CCC2C[C@@H]3C4CCC(=O)[C@@H]5OC1C2[C@]45CCN3C(C)=O. The maximum Gasteiger partial charge on any atom is 0.219 e. The monoisotopic (exact) mass is 333 g/mol. The van der Waals surface area contributed by atoms with E-state index in [4.69, 9.17) is 9.47 Å². The summed E-state index contributed by atoms with van der Waals surface area (Å²) >= 11 is 0. The molecule has 2 saturated heterocycles. The van der Waals surface area contributed by atoms with Crippen LogP contribution in [0.3, 0.4) is 0 Å². The molecule has 5 unspecified atom stereocenters. The molecule has 3 aliphatic carbocycles. The smallest absolute Gasteiger partial charge is 0.219 e. The molecule has 132 valence electrons. The minimum absolute atomic E-state index is 0.0310. The summed E-state index contributed by atoms with van der Waals surface area (Å²) in [4.78, 5) is 27.1. The minimum atomic E-state index is -0.249. The van der Waals surface area contributed by atoms with E-state index in [9.17, 15) is 9.59 Å². The number of Topliss-reactive ketones (excluding diaryl/α,β-unsaturated/α-hetero) is 1. The van der Waals surface area contributed by atoms with Crippen LogP contribution in [0.2, 0.25) is 0 Å². The van der Waals surface area contributed by atoms with Crippen molar-refractivity contribution < 1.29 is 19.1 Å². The zero-order chi connectivity index (χ0) is 16.6. The van der Waals surface area contributed by atoms with Crippen molar-refractivity contribution in [3.63, 3.8) is 0 Å². The number of piperidine rings is 1. The van der Waals surface area contributed by atoms with Crippen molar-refractivity contribution in [2.45, 2.75) is 69.8 Å². The minimum Gasteiger partial charge on any atom is -0.379 e. The second-order valence-corrected chi connectivity index (χ2v) is 8.61. The van der Waals surface area contributed by atoms with Crippen molar-refractivity contribution in [1.82, 2.24) is 4.90 Å². The van der Waals surface area contributed by atoms with Gasteiger partial charge in [-0.3, -0.25) is 9.59 Å². The number of methoxy groups -OCH3 is 1. The van der Waals surface area contributed by atoms with E-state index in [1.165, 1.54) is 0 Å². The van der Waals surface area contributed by atoms with Gasteiger partial charge in [0.25, 0.3) is 0 Å². The molecule has 0 aromatic carbocycles. The van der Waals surface area contributed by atoms with Gasteiger partial charge < -0.3 is 14.4 Å². The zero-order valence-electron chi connectivity index (χ0n) is 14.6. The fourth-order valence-corrected chi connectivity index (χ4v) is 7.35. The summed E-state index contributed by atoms with van der Waals surface area (Å²) in [5.74, 6) is 1.94. The van der Waals surface area contributed by atoms with Crippen molar-refractivity contribution in [1.29, 1.82) is 0 Å². The number of nitrogens with zero attached hydrogens (tertiary/aromatic N) is 1. The molecule has 1 spiro atoms. The molecule has 2 bridgehead atoms. The standard InChI is InChI=1S/C19H27NO4/c1-10(21)20-8-7-19-12-4-5-14(22)18(19)24-17-15(23-2)6-3-11(16(17)19)9-13(12)20/h11-13,15-18H,3-9H2,1-2H3/t11?,12?,13-,15?,16?,17?,18+,19+/m1/s1. The van der Waals surface area contributed by atoms with E-state index in [0.29, 0.717) is 36.0 Å². The lowest BCUT2D eigenvalue weighted by molar-refractivity contribution is -0.171. The Bertz CT molecular complexity index is 592. The van der Waals surface area contributed by atoms with Gasteiger partial charge >= 0.3 is 0 Å². The van der Waals surface area contributed by atoms with Crippen LogP contribution in [0.25, 0.3) is 0 Å². The van der Waals surface area contributed by atoms with E-state index >= 15 is 0 Å². The molecule has 2 aliphatic heterocycles. The lowest BCUT2D eigenvalue weighted by Gasteiger charge is -2.63. The summed E-state index contributed by atoms with van der Waals surface area (Å²) in [6, 6.07) is 0.314. The first-order valence-electron chi connectivity index (χ1n) is 9.56. The molecular weight excluding hydrogens is 306 g/mol. The van der Waals surface area contributed by atoms with Crippen LogP contribution in [0.15, 0.2) is 0 Å². The van der Waals surface area contributed by atoms with Gasteiger partial charge in [0.05, 0.1) is 12.2 Å². The highest BCUT2D eigenvalue weighted by molar-refractivity contribution is 5.86. The van der Waals surface area contributed by atoms with Gasteiger partial charge in [0.15, 0.2) is 5.78 Å². The molecule has 24 heavy (non-hydrogen) atoms. The maximum absolute atomic E-state index is 12.8. The van der Waals surface area contributed by atoms with Gasteiger partial charge in [0.2, 0.25) is 5.91 Å². The normalized spacial score (nSPS) is 52.2. The number of ketones is 1. The summed E-state index contributed by atoms with van der Waals surface area (Å²) in [6.07, 6.45) is 5.67. The molecule has 5 aliphatic rings. The Balaban J connectivity index is 1.62. The van der Waals surface area contributed by atoms with Crippen molar-refractivity contribution in [3.05, 3.63) is 0 Å². The van der Waals surface area contributed by atoms with Gasteiger partial charge in [0.1, 0.15) is 6.10 Å². The third-order valence-corrected chi connectivity index (χ3v) is 8.04. The molecule has 3 saturated carbocycles. The van der Waals surface area contributed by atoms with E-state index in [2.05, 4.69) is 4.90 Å². The molecular formula is C19H27NO4. The van der Waals surface area contributed by atoms with Crippen molar-refractivity contribution >= 4 is 11.7 Å². The van der Waals surface area contributed by atoms with Crippen molar-refractivity contribution in [3.8, 4) is 0 Å². The van der Waals surface area contributed by atoms with E-state index < -0.39 is 0 Å². The average Bonchev–Trinajstić information content (AvgIpc) is 2.90. The first-order valence-corrected chi connectivity index (χ1v) is 9.56. The fraction of sp³-hybridized carbons (Fsp3) is 0.895. The third-order valence-electron chi connectivity index (χ3n) is 8.04. The summed E-state index contributed by atoms with van der Waals surface area (Å²) in [5.41, 5.74) is -0.0310. The van der Waals surface area contributed by atoms with Crippen LogP contribution >= 0.6 is 0 Å². The predicted molar refractivity (Wildman–Crippen MR) is 86.2 cm³/mol. The first-order chi connectivity index (χ1) is 11.6. The summed E-state index contributed by atoms with van der Waals surface area (Å²) < 4.78 is 12.2. The fourth-order valence-electron chi connectivity index (χ4n) is 7.35. The Morgan fingerprint density at radius 3 is 2.92 bits per heavy atom. The second-order valence-electron chi connectivity index (χ2n) is 8.61. The van der Waals surface area contributed by atoms with Crippen molar-refractivity contribution in [2.24, 2.45) is 23.2 Å². The summed E-state index contributed by atoms with van der Waals surface area (Å²) in [7, 11) is 1.78. The average molecular weight is 333 g/mol. The lowest BCUT2D eigenvalue weighted by atomic mass is 9.45. The molecule has 0 aromatic rings. The molecule has 1 amide bonds. The van der Waals surface area contributed by atoms with Crippen LogP contribution in [0, 0.1) is 23.2 Å². The van der Waals surface area contributed by atoms with Crippen LogP contribution in [0.4, 0.5) is 0 Å². The number of likely N-dealkylation sites (tertiary alicyclic amines) is 1. The molecule has 0 aromatic heterocycles. The summed E-state index contributed by atoms with van der Waals surface area (Å²) in [5, 5.41) is 0. The number of rotatable bonds is 1. The number of ether oxygens (including phenoxy) is 2. The van der Waals surface area contributed by atoms with Crippen LogP contribution in [-0.2, 0) is 19.1 Å². The molecule has 5 heteroatoms. The largest absolute Gasteiger partial charge is 0.379 e. The Morgan fingerprint density at radius 2 is 2.17 bits per heavy atom. The van der Waals surface area contributed by atoms with Gasteiger partial charge in [-0.2, -0.15) is 0 Å². The van der Waals surface area contributed by atoms with Crippen LogP contribution in [-0.4, -0.2) is 54.6 Å². The first kappa shape index (κ1) is 15.3. The molecule has 2 heterocycles. The maximum atomic E-state index is 12.8. The van der Waals surface area contributed by atoms with Crippen LogP contribution < -0.4 is 0 Å². The number of hydrogen-bond donors (Lipinski definition) is 0. The van der Waals surface area contributed by atoms with Crippen LogP contribution in [0.1, 0.15) is 45.4 Å². The third kappa shape index (κ3) is 1.68. The number of carbonyl (C=O) groups excluding carboxylic acids is 2. The highest BCUT2D eigenvalue weighted by atomic mass is 16.6. The lowest BCUT2D eigenvalue weighted by Crippen LogP contribution is -2.68. The molecule has 5 fully saturated rings. The van der Waals surface area contributed by atoms with E-state index in [1.807, 2.05) is 0 Å². The highest BCUT2D eigenvalue weighted by Gasteiger charge is 2.72. The number of hydrogen-bond acceptors (Lipinski definition) is 4. The zero-order valence-corrected chi connectivity index (χ0v) is 14.6. The highest BCUT2D eigenvalue weighted by Crippen LogP contribution is 2.67. The van der Waals surface area contributed by atoms with E-state index in [1.54, 1.807) is 14.0 Å². The van der Waals surface area contributed by atoms with Gasteiger partial charge in [-0.15, -0.1) is 0 Å². The predicted octanol–water partition coefficient (Wildman–Crippen LogP) is 1.78. The van der Waals surface area contributed by atoms with Gasteiger partial charge in [0, 0.05) is 38.5 Å². The molecule has 5 nitrogen and oxygen atoms in total. The molecule has 0 N–H and O–H groups in total. The van der Waals surface area contributed by atoms with Crippen LogP contribution in [0.5, 0.6) is 0 Å². The quantitative estimate of drug-likeness (QED) is 0.734. The van der Waals surface area contributed by atoms with E-state index in [0.717, 1.165) is 38.6 Å². The molecule has 5 rings (SSSR count). The Hall–Kier alpha value is -0.940. The van der Waals surface area contributed by atoms with Gasteiger partial charge in [-0.25, -0.2) is 0 Å². The van der Waals surface area contributed by atoms with E-state index in [-0.39, 0.29) is 29.6 Å². The number of carbonyl (C=O) groups is 2. The molecule has 8 atom stereocenters. The van der Waals surface area contributed by atoms with Gasteiger partial charge in [-0.05, 0) is 49.9 Å². The number of amides is 1. The molecule has 0 radical (unpaired) electrons. The van der Waals surface area contributed by atoms with Gasteiger partial charge in [-0.1, -0.05) is 0 Å². The Morgan fingerprint density at radius 1 is 1.33 bits per heavy atom. The summed E-state index contributed by atoms with van der Waals surface area (Å²) in [6.45, 7) is 2.49.